The van der Waals surface area contributed by atoms with Crippen molar-refractivity contribution < 1.29 is 5.11 Å². The van der Waals surface area contributed by atoms with Crippen LogP contribution in [-0.4, -0.2) is 5.11 Å². The van der Waals surface area contributed by atoms with Crippen LogP contribution in [0.4, 0.5) is 5.69 Å². The van der Waals surface area contributed by atoms with Crippen LogP contribution in [0.3, 0.4) is 0 Å². The third-order valence-corrected chi connectivity index (χ3v) is 3.13. The molecule has 0 aliphatic carbocycles. The number of aliphatic hydroxyl groups excluding tert-OH is 1. The Kier molecular flexibility index (Phi) is 4.40. The summed E-state index contributed by atoms with van der Waals surface area (Å²) in [7, 11) is 0. The molecule has 0 saturated heterocycles. The molecule has 0 spiro atoms. The summed E-state index contributed by atoms with van der Waals surface area (Å²) >= 11 is 5.96. The second-order valence-electron chi connectivity index (χ2n) is 4.10. The van der Waals surface area contributed by atoms with Gasteiger partial charge in [-0.2, -0.15) is 5.26 Å². The van der Waals surface area contributed by atoms with Gasteiger partial charge in [-0.15, -0.1) is 0 Å². The lowest BCUT2D eigenvalue weighted by Gasteiger charge is -2.09. The number of hydrogen-bond donors (Lipinski definition) is 2. The first-order valence-electron chi connectivity index (χ1n) is 5.85. The second-order valence-corrected chi connectivity index (χ2v) is 4.51. The summed E-state index contributed by atoms with van der Waals surface area (Å²) in [6.07, 6.45) is 0. The highest BCUT2D eigenvalue weighted by Crippen LogP contribution is 2.23. The third-order valence-electron chi connectivity index (χ3n) is 2.81. The van der Waals surface area contributed by atoms with Crippen LogP contribution < -0.4 is 5.32 Å². The minimum absolute atomic E-state index is 0.0422. The molecule has 0 unspecified atom stereocenters. The molecule has 2 aromatic carbocycles. The standard InChI is InChI=1S/C15H13ClN2O/c16-14-2-1-3-15(13(14)8-17)18-9-11-4-6-12(10-19)7-5-11/h1-7,18-19H,9-10H2. The van der Waals surface area contributed by atoms with Crippen LogP contribution in [0, 0.1) is 11.3 Å². The summed E-state index contributed by atoms with van der Waals surface area (Å²) in [5.41, 5.74) is 3.13. The van der Waals surface area contributed by atoms with Crippen molar-refractivity contribution in [3.8, 4) is 6.07 Å². The zero-order chi connectivity index (χ0) is 13.7. The summed E-state index contributed by atoms with van der Waals surface area (Å²) in [6, 6.07) is 15.0. The zero-order valence-electron chi connectivity index (χ0n) is 10.2. The van der Waals surface area contributed by atoms with Gasteiger partial charge in [-0.25, -0.2) is 0 Å². The van der Waals surface area contributed by atoms with Gasteiger partial charge in [0.25, 0.3) is 0 Å². The van der Waals surface area contributed by atoms with Gasteiger partial charge >= 0.3 is 0 Å². The van der Waals surface area contributed by atoms with Crippen molar-refractivity contribution in [1.82, 2.24) is 0 Å². The quantitative estimate of drug-likeness (QED) is 0.898. The van der Waals surface area contributed by atoms with Gasteiger partial charge < -0.3 is 10.4 Å². The number of nitrogens with one attached hydrogen (secondary N) is 1. The van der Waals surface area contributed by atoms with E-state index < -0.39 is 0 Å². The van der Waals surface area contributed by atoms with Crippen LogP contribution in [0.2, 0.25) is 5.02 Å². The van der Waals surface area contributed by atoms with Crippen molar-refractivity contribution >= 4 is 17.3 Å². The highest BCUT2D eigenvalue weighted by atomic mass is 35.5. The minimum Gasteiger partial charge on any atom is -0.392 e. The number of aliphatic hydroxyl groups is 1. The topological polar surface area (TPSA) is 56.0 Å². The normalized spacial score (nSPS) is 9.95. The SMILES string of the molecule is N#Cc1c(Cl)cccc1NCc1ccc(CO)cc1. The maximum Gasteiger partial charge on any atom is 0.103 e. The second kappa shape index (κ2) is 6.24. The molecular formula is C15H13ClN2O. The Morgan fingerprint density at radius 3 is 2.42 bits per heavy atom. The Morgan fingerprint density at radius 2 is 1.79 bits per heavy atom. The van der Waals surface area contributed by atoms with E-state index in [4.69, 9.17) is 22.0 Å². The Balaban J connectivity index is 2.10. The van der Waals surface area contributed by atoms with Crippen molar-refractivity contribution in [2.75, 3.05) is 5.32 Å². The molecule has 0 atom stereocenters. The predicted molar refractivity (Wildman–Crippen MR) is 75.9 cm³/mol. The number of benzene rings is 2. The Hall–Kier alpha value is -2.02. The molecule has 0 heterocycles. The fraction of sp³-hybridized carbons (Fsp3) is 0.133. The largest absolute Gasteiger partial charge is 0.392 e. The molecule has 2 N–H and O–H groups in total. The number of rotatable bonds is 4. The van der Waals surface area contributed by atoms with E-state index in [-0.39, 0.29) is 6.61 Å². The summed E-state index contributed by atoms with van der Waals surface area (Å²) in [6.45, 7) is 0.640. The molecule has 2 aromatic rings. The van der Waals surface area contributed by atoms with Crippen LogP contribution in [0.15, 0.2) is 42.5 Å². The predicted octanol–water partition coefficient (Wildman–Crippen LogP) is 3.32. The van der Waals surface area contributed by atoms with Gasteiger partial charge in [0.05, 0.1) is 22.9 Å². The van der Waals surface area contributed by atoms with Crippen LogP contribution in [-0.2, 0) is 13.2 Å². The Bertz CT molecular complexity index is 603. The van der Waals surface area contributed by atoms with Gasteiger partial charge in [0.15, 0.2) is 0 Å². The average molecular weight is 273 g/mol. The molecular weight excluding hydrogens is 260 g/mol. The van der Waals surface area contributed by atoms with Crippen LogP contribution in [0.25, 0.3) is 0 Å². The maximum atomic E-state index is 9.06. The molecule has 96 valence electrons. The summed E-state index contributed by atoms with van der Waals surface area (Å²) in [5.74, 6) is 0. The first kappa shape index (κ1) is 13.4. The minimum atomic E-state index is 0.0422. The molecule has 0 fully saturated rings. The van der Waals surface area contributed by atoms with E-state index in [9.17, 15) is 0 Å². The number of halogens is 1. The number of hydrogen-bond acceptors (Lipinski definition) is 3. The van der Waals surface area contributed by atoms with E-state index in [1.165, 1.54) is 0 Å². The van der Waals surface area contributed by atoms with E-state index in [0.29, 0.717) is 17.1 Å². The van der Waals surface area contributed by atoms with Gasteiger partial charge in [-0.1, -0.05) is 41.9 Å². The smallest absolute Gasteiger partial charge is 0.103 e. The molecule has 0 bridgehead atoms. The van der Waals surface area contributed by atoms with Crippen molar-refractivity contribution in [2.45, 2.75) is 13.2 Å². The average Bonchev–Trinajstić information content (AvgIpc) is 2.45. The fourth-order valence-corrected chi connectivity index (χ4v) is 1.96. The van der Waals surface area contributed by atoms with Gasteiger partial charge in [0.2, 0.25) is 0 Å². The fourth-order valence-electron chi connectivity index (χ4n) is 1.74. The van der Waals surface area contributed by atoms with Crippen molar-refractivity contribution in [1.29, 1.82) is 5.26 Å². The summed E-state index contributed by atoms with van der Waals surface area (Å²) < 4.78 is 0. The molecule has 4 heteroatoms. The van der Waals surface area contributed by atoms with Gasteiger partial charge in [0.1, 0.15) is 6.07 Å². The van der Waals surface area contributed by atoms with Crippen LogP contribution in [0.1, 0.15) is 16.7 Å². The first-order chi connectivity index (χ1) is 9.24. The molecule has 0 radical (unpaired) electrons. The van der Waals surface area contributed by atoms with E-state index in [1.807, 2.05) is 30.3 Å². The van der Waals surface area contributed by atoms with Gasteiger partial charge in [0, 0.05) is 6.54 Å². The monoisotopic (exact) mass is 272 g/mol. The Morgan fingerprint density at radius 1 is 1.11 bits per heavy atom. The maximum absolute atomic E-state index is 9.06. The summed E-state index contributed by atoms with van der Waals surface area (Å²) in [5, 5.41) is 21.7. The molecule has 0 aliphatic rings. The third kappa shape index (κ3) is 3.25. The lowest BCUT2D eigenvalue weighted by molar-refractivity contribution is 0.282. The lowest BCUT2D eigenvalue weighted by atomic mass is 10.1. The van der Waals surface area contributed by atoms with Crippen molar-refractivity contribution in [3.63, 3.8) is 0 Å². The molecule has 0 amide bonds. The number of nitrogens with zero attached hydrogens (tertiary/aromatic N) is 1. The van der Waals surface area contributed by atoms with E-state index in [2.05, 4.69) is 11.4 Å². The highest BCUT2D eigenvalue weighted by Gasteiger charge is 2.05. The number of anilines is 1. The molecule has 0 aliphatic heterocycles. The van der Waals surface area contributed by atoms with E-state index in [0.717, 1.165) is 16.8 Å². The van der Waals surface area contributed by atoms with Gasteiger partial charge in [-0.3, -0.25) is 0 Å². The molecule has 0 aromatic heterocycles. The lowest BCUT2D eigenvalue weighted by Crippen LogP contribution is -2.01. The molecule has 2 rings (SSSR count). The van der Waals surface area contributed by atoms with Crippen LogP contribution in [0.5, 0.6) is 0 Å². The Labute approximate surface area is 117 Å². The molecule has 19 heavy (non-hydrogen) atoms. The summed E-state index contributed by atoms with van der Waals surface area (Å²) in [4.78, 5) is 0. The molecule has 3 nitrogen and oxygen atoms in total. The molecule has 0 saturated carbocycles. The van der Waals surface area contributed by atoms with Crippen molar-refractivity contribution in [2.24, 2.45) is 0 Å². The van der Waals surface area contributed by atoms with Crippen LogP contribution >= 0.6 is 11.6 Å². The van der Waals surface area contributed by atoms with E-state index >= 15 is 0 Å². The van der Waals surface area contributed by atoms with Gasteiger partial charge in [-0.05, 0) is 23.3 Å². The first-order valence-corrected chi connectivity index (χ1v) is 6.23. The van der Waals surface area contributed by atoms with E-state index in [1.54, 1.807) is 12.1 Å². The zero-order valence-corrected chi connectivity index (χ0v) is 11.0. The highest BCUT2D eigenvalue weighted by molar-refractivity contribution is 6.32. The van der Waals surface area contributed by atoms with Crippen molar-refractivity contribution in [3.05, 3.63) is 64.2 Å². The number of nitriles is 1.